The van der Waals surface area contributed by atoms with Crippen molar-refractivity contribution in [2.75, 3.05) is 25.5 Å². The van der Waals surface area contributed by atoms with Crippen LogP contribution in [-0.4, -0.2) is 41.1 Å². The topological polar surface area (TPSA) is 62.3 Å². The smallest absolute Gasteiger partial charge is 0.124 e. The average molecular weight is 462 g/mol. The summed E-state index contributed by atoms with van der Waals surface area (Å²) in [5, 5.41) is 11.6. The van der Waals surface area contributed by atoms with Crippen LogP contribution < -0.4 is 25.9 Å². The molecule has 2 aromatic heterocycles. The van der Waals surface area contributed by atoms with Gasteiger partial charge in [-0.3, -0.25) is 4.98 Å². The Morgan fingerprint density at radius 3 is 2.76 bits per heavy atom. The summed E-state index contributed by atoms with van der Waals surface area (Å²) in [5.41, 5.74) is 3.39. The Balaban J connectivity index is 1.74. The summed E-state index contributed by atoms with van der Waals surface area (Å²) in [4.78, 5) is 12.5. The average Bonchev–Trinajstić information content (AvgIpc) is 3.21. The summed E-state index contributed by atoms with van der Waals surface area (Å²) in [6.45, 7) is 8.46. The van der Waals surface area contributed by atoms with Crippen molar-refractivity contribution < 1.29 is 4.74 Å². The first-order valence-electron chi connectivity index (χ1n) is 11.7. The van der Waals surface area contributed by atoms with Gasteiger partial charge >= 0.3 is 0 Å². The van der Waals surface area contributed by atoms with Gasteiger partial charge in [0.15, 0.2) is 0 Å². The number of aromatic nitrogens is 2. The zero-order valence-electron chi connectivity index (χ0n) is 19.6. The third kappa shape index (κ3) is 4.00. The molecule has 0 aliphatic carbocycles. The van der Waals surface area contributed by atoms with E-state index >= 15 is 0 Å². The number of benzene rings is 1. The molecule has 2 atom stereocenters. The number of hydrogen-bond acceptors (Lipinski definition) is 7. The lowest BCUT2D eigenvalue weighted by Gasteiger charge is -2.44. The number of nitrogens with zero attached hydrogens (tertiary/aromatic N) is 3. The molecular weight excluding hydrogens is 430 g/mol. The van der Waals surface area contributed by atoms with E-state index in [0.717, 1.165) is 57.2 Å². The summed E-state index contributed by atoms with van der Waals surface area (Å²) >= 11 is 1.74. The minimum atomic E-state index is 0.162. The molecule has 172 valence electrons. The third-order valence-corrected chi connectivity index (χ3v) is 7.73. The molecule has 2 N–H and O–H groups in total. The SMILES string of the molecule is CCC1NCCN(C2=c3ncccc3=CNc3sc(C(C)C)nc32)C1c1ccc(OC)cc1. The van der Waals surface area contributed by atoms with Crippen LogP contribution in [0.4, 0.5) is 5.00 Å². The molecule has 0 radical (unpaired) electrons. The molecule has 0 saturated carbocycles. The number of thiazole rings is 1. The highest BCUT2D eigenvalue weighted by atomic mass is 32.1. The van der Waals surface area contributed by atoms with Crippen molar-refractivity contribution in [1.29, 1.82) is 0 Å². The van der Waals surface area contributed by atoms with Gasteiger partial charge < -0.3 is 20.3 Å². The van der Waals surface area contributed by atoms with Crippen molar-refractivity contribution in [3.8, 4) is 5.75 Å². The molecule has 0 amide bonds. The maximum Gasteiger partial charge on any atom is 0.124 e. The second-order valence-corrected chi connectivity index (χ2v) is 9.87. The van der Waals surface area contributed by atoms with Gasteiger partial charge in [0, 0.05) is 42.7 Å². The van der Waals surface area contributed by atoms with Crippen LogP contribution in [0, 0.1) is 0 Å². The molecule has 2 unspecified atom stereocenters. The van der Waals surface area contributed by atoms with Gasteiger partial charge in [0.2, 0.25) is 0 Å². The first-order chi connectivity index (χ1) is 16.1. The van der Waals surface area contributed by atoms with Crippen molar-refractivity contribution in [1.82, 2.24) is 20.2 Å². The van der Waals surface area contributed by atoms with Crippen LogP contribution in [0.25, 0.3) is 11.9 Å². The van der Waals surface area contributed by atoms with Crippen molar-refractivity contribution in [2.45, 2.75) is 45.2 Å². The Morgan fingerprint density at radius 1 is 1.21 bits per heavy atom. The Morgan fingerprint density at radius 2 is 2.03 bits per heavy atom. The molecule has 0 bridgehead atoms. The Hall–Kier alpha value is -2.90. The van der Waals surface area contributed by atoms with Crippen molar-refractivity contribution >= 4 is 28.2 Å². The minimum Gasteiger partial charge on any atom is -0.497 e. The van der Waals surface area contributed by atoms with E-state index in [9.17, 15) is 0 Å². The summed E-state index contributed by atoms with van der Waals surface area (Å²) in [7, 11) is 1.71. The van der Waals surface area contributed by atoms with Gasteiger partial charge in [0.05, 0.1) is 29.2 Å². The molecule has 7 heteroatoms. The number of hydrogen-bond donors (Lipinski definition) is 2. The van der Waals surface area contributed by atoms with E-state index in [-0.39, 0.29) is 6.04 Å². The molecule has 1 aromatic carbocycles. The van der Waals surface area contributed by atoms with Gasteiger partial charge in [-0.2, -0.15) is 0 Å². The van der Waals surface area contributed by atoms with Crippen LogP contribution in [-0.2, 0) is 0 Å². The second-order valence-electron chi connectivity index (χ2n) is 8.84. The standard InChI is InChI=1S/C26H31N5OS/c1-5-20-23(17-8-10-19(32-4)11-9-17)31(14-13-27-20)24-21-18(7-6-12-28-21)15-29-26-22(24)30-25(33-26)16(2)3/h6-12,15-16,20,23,27,29H,5,13-14H2,1-4H3. The number of fused-ring (bicyclic) bond motifs is 2. The van der Waals surface area contributed by atoms with Gasteiger partial charge in [0.1, 0.15) is 16.4 Å². The molecule has 3 aromatic rings. The van der Waals surface area contributed by atoms with E-state index in [4.69, 9.17) is 14.7 Å². The van der Waals surface area contributed by atoms with E-state index in [2.05, 4.69) is 72.8 Å². The van der Waals surface area contributed by atoms with Crippen LogP contribution >= 0.6 is 11.3 Å². The van der Waals surface area contributed by atoms with Crippen molar-refractivity contribution in [3.05, 3.63) is 69.4 Å². The van der Waals surface area contributed by atoms with E-state index in [1.54, 1.807) is 18.4 Å². The summed E-state index contributed by atoms with van der Waals surface area (Å²) in [5.74, 6) is 1.25. The quantitative estimate of drug-likeness (QED) is 0.607. The van der Waals surface area contributed by atoms with Crippen LogP contribution in [0.15, 0.2) is 42.6 Å². The zero-order valence-corrected chi connectivity index (χ0v) is 20.4. The summed E-state index contributed by atoms with van der Waals surface area (Å²) < 4.78 is 5.42. The Kier molecular flexibility index (Phi) is 6.08. The number of piperazine rings is 1. The van der Waals surface area contributed by atoms with Gasteiger partial charge in [-0.25, -0.2) is 4.98 Å². The largest absolute Gasteiger partial charge is 0.497 e. The molecular formula is C26H31N5OS. The third-order valence-electron chi connectivity index (χ3n) is 6.44. The van der Waals surface area contributed by atoms with Gasteiger partial charge in [-0.1, -0.05) is 32.9 Å². The van der Waals surface area contributed by atoms with Gasteiger partial charge in [-0.15, -0.1) is 11.3 Å². The van der Waals surface area contributed by atoms with Crippen LogP contribution in [0.5, 0.6) is 5.75 Å². The summed E-state index contributed by atoms with van der Waals surface area (Å²) in [6.07, 6.45) is 4.98. The highest BCUT2D eigenvalue weighted by molar-refractivity contribution is 7.16. The van der Waals surface area contributed by atoms with Crippen molar-refractivity contribution in [3.63, 3.8) is 0 Å². The maximum absolute atomic E-state index is 5.42. The molecule has 2 aliphatic rings. The zero-order chi connectivity index (χ0) is 22.9. The van der Waals surface area contributed by atoms with E-state index in [1.807, 2.05) is 12.3 Å². The number of rotatable bonds is 5. The molecule has 1 fully saturated rings. The number of anilines is 1. The number of methoxy groups -OCH3 is 1. The number of ether oxygens (including phenoxy) is 1. The van der Waals surface area contributed by atoms with Gasteiger partial charge in [0.25, 0.3) is 0 Å². The predicted molar refractivity (Wildman–Crippen MR) is 135 cm³/mol. The monoisotopic (exact) mass is 461 g/mol. The lowest BCUT2D eigenvalue weighted by atomic mass is 9.92. The fourth-order valence-electron chi connectivity index (χ4n) is 4.77. The van der Waals surface area contributed by atoms with E-state index in [0.29, 0.717) is 12.0 Å². The van der Waals surface area contributed by atoms with E-state index < -0.39 is 0 Å². The molecule has 4 heterocycles. The van der Waals surface area contributed by atoms with Crippen LogP contribution in [0.2, 0.25) is 0 Å². The molecule has 1 saturated heterocycles. The lowest BCUT2D eigenvalue weighted by Crippen LogP contribution is -2.53. The van der Waals surface area contributed by atoms with E-state index in [1.165, 1.54) is 5.56 Å². The first-order valence-corrected chi connectivity index (χ1v) is 12.5. The Labute approximate surface area is 199 Å². The molecule has 2 aliphatic heterocycles. The minimum absolute atomic E-state index is 0.162. The van der Waals surface area contributed by atoms with Crippen LogP contribution in [0.1, 0.15) is 55.4 Å². The van der Waals surface area contributed by atoms with Gasteiger partial charge in [-0.05, 0) is 36.2 Å². The first kappa shape index (κ1) is 21.9. The lowest BCUT2D eigenvalue weighted by molar-refractivity contribution is 0.182. The fraction of sp³-hybridized carbons (Fsp3) is 0.385. The fourth-order valence-corrected chi connectivity index (χ4v) is 5.71. The maximum atomic E-state index is 5.42. The molecule has 33 heavy (non-hydrogen) atoms. The predicted octanol–water partition coefficient (Wildman–Crippen LogP) is 3.42. The highest BCUT2D eigenvalue weighted by Gasteiger charge is 2.36. The molecule has 0 spiro atoms. The molecule has 5 rings (SSSR count). The highest BCUT2D eigenvalue weighted by Crippen LogP contribution is 2.39. The van der Waals surface area contributed by atoms with Crippen molar-refractivity contribution in [2.24, 2.45) is 0 Å². The molecule has 6 nitrogen and oxygen atoms in total. The van der Waals surface area contributed by atoms with Crippen LogP contribution in [0.3, 0.4) is 0 Å². The number of pyridine rings is 1. The Bertz CT molecular complexity index is 1250. The normalized spacial score (nSPS) is 19.9. The number of nitrogens with one attached hydrogen (secondary N) is 2. The summed E-state index contributed by atoms with van der Waals surface area (Å²) in [6, 6.07) is 13.1. The second kappa shape index (κ2) is 9.15.